The first-order chi connectivity index (χ1) is 14.8. The molecule has 1 aliphatic rings. The Balaban J connectivity index is 1.70. The molecule has 2 aromatic carbocycles. The van der Waals surface area contributed by atoms with Crippen LogP contribution in [0, 0.1) is 34.6 Å². The normalized spacial score (nSPS) is 13.4. The van der Waals surface area contributed by atoms with Gasteiger partial charge in [0.1, 0.15) is 0 Å². The highest BCUT2D eigenvalue weighted by Crippen LogP contribution is 2.35. The van der Waals surface area contributed by atoms with Crippen LogP contribution in [0.2, 0.25) is 0 Å². The first kappa shape index (κ1) is 19.2. The molecule has 0 spiro atoms. The molecular weight excluding hydrogens is 388 g/mol. The summed E-state index contributed by atoms with van der Waals surface area (Å²) in [4.78, 5) is 32.4. The van der Waals surface area contributed by atoms with Gasteiger partial charge in [-0.2, -0.15) is 5.10 Å². The number of benzene rings is 2. The summed E-state index contributed by atoms with van der Waals surface area (Å²) in [7, 11) is 0. The number of imide groups is 1. The van der Waals surface area contributed by atoms with Crippen LogP contribution in [0.15, 0.2) is 42.6 Å². The molecule has 0 unspecified atom stereocenters. The van der Waals surface area contributed by atoms with E-state index >= 15 is 0 Å². The zero-order valence-electron chi connectivity index (χ0n) is 18.1. The molecule has 5 rings (SSSR count). The number of aryl methyl sites for hydroxylation is 5. The first-order valence-electron chi connectivity index (χ1n) is 10.2. The number of nitrogens with zero attached hydrogens (tertiary/aromatic N) is 4. The molecule has 154 valence electrons. The van der Waals surface area contributed by atoms with Gasteiger partial charge in [0.2, 0.25) is 0 Å². The van der Waals surface area contributed by atoms with Crippen molar-refractivity contribution in [3.8, 4) is 5.69 Å². The Bertz CT molecular complexity index is 1430. The second kappa shape index (κ2) is 6.60. The van der Waals surface area contributed by atoms with Crippen molar-refractivity contribution in [2.45, 2.75) is 34.6 Å². The lowest BCUT2D eigenvalue weighted by atomic mass is 10.1. The highest BCUT2D eigenvalue weighted by Gasteiger charge is 2.40. The molecule has 31 heavy (non-hydrogen) atoms. The van der Waals surface area contributed by atoms with E-state index in [1.807, 2.05) is 58.0 Å². The molecule has 0 saturated carbocycles. The van der Waals surface area contributed by atoms with Crippen LogP contribution in [-0.4, -0.2) is 26.6 Å². The molecule has 0 radical (unpaired) electrons. The highest BCUT2D eigenvalue weighted by molar-refractivity contribution is 6.37. The topological polar surface area (TPSA) is 68.1 Å². The maximum Gasteiger partial charge on any atom is 0.267 e. The van der Waals surface area contributed by atoms with Gasteiger partial charge in [0, 0.05) is 6.20 Å². The highest BCUT2D eigenvalue weighted by atomic mass is 16.2. The average molecular weight is 410 g/mol. The molecule has 0 aliphatic carbocycles. The van der Waals surface area contributed by atoms with Gasteiger partial charge in [-0.3, -0.25) is 9.59 Å². The average Bonchev–Trinajstić information content (AvgIpc) is 3.20. The summed E-state index contributed by atoms with van der Waals surface area (Å²) >= 11 is 0. The third-order valence-electron chi connectivity index (χ3n) is 6.21. The van der Waals surface area contributed by atoms with E-state index in [0.717, 1.165) is 22.4 Å². The lowest BCUT2D eigenvalue weighted by Crippen LogP contribution is -2.29. The molecule has 0 N–H and O–H groups in total. The van der Waals surface area contributed by atoms with Gasteiger partial charge >= 0.3 is 0 Å². The molecule has 2 amide bonds. The van der Waals surface area contributed by atoms with E-state index in [9.17, 15) is 9.59 Å². The number of pyridine rings is 1. The van der Waals surface area contributed by atoms with E-state index in [-0.39, 0.29) is 11.8 Å². The third kappa shape index (κ3) is 2.71. The van der Waals surface area contributed by atoms with E-state index < -0.39 is 0 Å². The van der Waals surface area contributed by atoms with Crippen LogP contribution in [0.4, 0.5) is 5.69 Å². The fraction of sp³-hybridized carbons (Fsp3) is 0.200. The Labute approximate surface area is 180 Å². The first-order valence-corrected chi connectivity index (χ1v) is 10.2. The second-order valence-corrected chi connectivity index (χ2v) is 8.23. The molecule has 3 heterocycles. The summed E-state index contributed by atoms with van der Waals surface area (Å²) in [5.74, 6) is -0.686. The van der Waals surface area contributed by atoms with Gasteiger partial charge in [-0.1, -0.05) is 12.1 Å². The Hall–Kier alpha value is -3.80. The maximum atomic E-state index is 13.5. The van der Waals surface area contributed by atoms with E-state index in [1.54, 1.807) is 10.7 Å². The molecule has 0 bridgehead atoms. The summed E-state index contributed by atoms with van der Waals surface area (Å²) in [6.45, 7) is 9.92. The standard InChI is InChI=1S/C25H22N4O2/c1-13-6-8-18(10-15(13)3)28-24(30)20-12-26-23-21(22(20)25(28)31)17(5)27-29(23)19-9-7-14(2)16(4)11-19/h6-12H,1-5H3. The lowest BCUT2D eigenvalue weighted by molar-refractivity contribution is 0.0926. The zero-order chi connectivity index (χ0) is 22.0. The van der Waals surface area contributed by atoms with E-state index in [1.165, 1.54) is 16.7 Å². The number of carbonyl (C=O) groups is 2. The minimum atomic E-state index is -0.351. The number of hydrogen-bond donors (Lipinski definition) is 0. The summed E-state index contributed by atoms with van der Waals surface area (Å²) in [5, 5.41) is 5.29. The molecule has 0 fully saturated rings. The van der Waals surface area contributed by atoms with Gasteiger partial charge in [0.15, 0.2) is 5.65 Å². The maximum absolute atomic E-state index is 13.5. The Morgan fingerprint density at radius 2 is 1.35 bits per heavy atom. The molecule has 1 aliphatic heterocycles. The summed E-state index contributed by atoms with van der Waals surface area (Å²) < 4.78 is 1.74. The molecule has 2 aromatic heterocycles. The minimum Gasteiger partial charge on any atom is -0.268 e. The zero-order valence-corrected chi connectivity index (χ0v) is 18.1. The molecular formula is C25H22N4O2. The van der Waals surface area contributed by atoms with Gasteiger partial charge in [0.25, 0.3) is 11.8 Å². The van der Waals surface area contributed by atoms with Crippen LogP contribution in [0.3, 0.4) is 0 Å². The summed E-state index contributed by atoms with van der Waals surface area (Å²) in [6.07, 6.45) is 1.50. The largest absolute Gasteiger partial charge is 0.268 e. The number of amides is 2. The predicted molar refractivity (Wildman–Crippen MR) is 120 cm³/mol. The van der Waals surface area contributed by atoms with Crippen molar-refractivity contribution in [1.29, 1.82) is 0 Å². The smallest absolute Gasteiger partial charge is 0.267 e. The quantitative estimate of drug-likeness (QED) is 0.447. The van der Waals surface area contributed by atoms with Crippen molar-refractivity contribution in [3.05, 3.63) is 81.7 Å². The number of anilines is 1. The van der Waals surface area contributed by atoms with Crippen molar-refractivity contribution >= 4 is 28.5 Å². The molecule has 6 heteroatoms. The van der Waals surface area contributed by atoms with E-state index in [2.05, 4.69) is 17.0 Å². The Morgan fingerprint density at radius 3 is 2.00 bits per heavy atom. The minimum absolute atomic E-state index is 0.318. The van der Waals surface area contributed by atoms with Gasteiger partial charge in [-0.15, -0.1) is 0 Å². The Morgan fingerprint density at radius 1 is 0.742 bits per heavy atom. The second-order valence-electron chi connectivity index (χ2n) is 8.23. The Kier molecular flexibility index (Phi) is 4.09. The number of fused-ring (bicyclic) bond motifs is 3. The van der Waals surface area contributed by atoms with Crippen molar-refractivity contribution in [2.24, 2.45) is 0 Å². The van der Waals surface area contributed by atoms with Crippen molar-refractivity contribution in [2.75, 3.05) is 4.90 Å². The van der Waals surface area contributed by atoms with Gasteiger partial charge in [-0.25, -0.2) is 14.6 Å². The van der Waals surface area contributed by atoms with Gasteiger partial charge in [0.05, 0.1) is 33.6 Å². The van der Waals surface area contributed by atoms with Crippen LogP contribution in [0.5, 0.6) is 0 Å². The summed E-state index contributed by atoms with van der Waals surface area (Å²) in [5.41, 5.74) is 7.84. The van der Waals surface area contributed by atoms with Crippen molar-refractivity contribution < 1.29 is 9.59 Å². The summed E-state index contributed by atoms with van der Waals surface area (Å²) in [6, 6.07) is 11.7. The number of carbonyl (C=O) groups excluding carboxylic acids is 2. The molecule has 4 aromatic rings. The van der Waals surface area contributed by atoms with Crippen LogP contribution in [-0.2, 0) is 0 Å². The van der Waals surface area contributed by atoms with Crippen LogP contribution < -0.4 is 4.90 Å². The van der Waals surface area contributed by atoms with E-state index in [0.29, 0.717) is 33.5 Å². The molecule has 0 saturated heterocycles. The van der Waals surface area contributed by atoms with E-state index in [4.69, 9.17) is 0 Å². The number of hydrogen-bond acceptors (Lipinski definition) is 4. The van der Waals surface area contributed by atoms with Crippen molar-refractivity contribution in [1.82, 2.24) is 14.8 Å². The van der Waals surface area contributed by atoms with Gasteiger partial charge in [-0.05, 0) is 81.1 Å². The lowest BCUT2D eigenvalue weighted by Gasteiger charge is -2.15. The molecule has 6 nitrogen and oxygen atoms in total. The van der Waals surface area contributed by atoms with Crippen LogP contribution in [0.25, 0.3) is 16.7 Å². The van der Waals surface area contributed by atoms with Crippen LogP contribution >= 0.6 is 0 Å². The molecule has 0 atom stereocenters. The number of aromatic nitrogens is 3. The third-order valence-corrected chi connectivity index (χ3v) is 6.21. The van der Waals surface area contributed by atoms with Crippen LogP contribution in [0.1, 0.15) is 48.7 Å². The fourth-order valence-corrected chi connectivity index (χ4v) is 4.10. The monoisotopic (exact) mass is 410 g/mol. The SMILES string of the molecule is Cc1ccc(N2C(=O)c3cnc4c(c(C)nn4-c4ccc(C)c(C)c4)c3C2=O)cc1C. The fourth-order valence-electron chi connectivity index (χ4n) is 4.10. The number of rotatable bonds is 2. The van der Waals surface area contributed by atoms with Crippen molar-refractivity contribution in [3.63, 3.8) is 0 Å². The van der Waals surface area contributed by atoms with Gasteiger partial charge < -0.3 is 0 Å². The predicted octanol–water partition coefficient (Wildman–Crippen LogP) is 4.76.